The van der Waals surface area contributed by atoms with Crippen molar-refractivity contribution in [3.63, 3.8) is 0 Å². The highest BCUT2D eigenvalue weighted by molar-refractivity contribution is 5.49. The summed E-state index contributed by atoms with van der Waals surface area (Å²) in [7, 11) is 0. The van der Waals surface area contributed by atoms with E-state index in [0.717, 1.165) is 18.7 Å². The number of hydrogen-bond acceptors (Lipinski definition) is 2. The van der Waals surface area contributed by atoms with E-state index in [1.807, 2.05) is 12.1 Å². The lowest BCUT2D eigenvalue weighted by Gasteiger charge is -2.44. The molecule has 0 aromatic heterocycles. The molecule has 1 aliphatic heterocycles. The van der Waals surface area contributed by atoms with E-state index in [0.29, 0.717) is 0 Å². The number of benzene rings is 1. The fourth-order valence-corrected chi connectivity index (χ4v) is 2.75. The summed E-state index contributed by atoms with van der Waals surface area (Å²) < 4.78 is 1.24. The van der Waals surface area contributed by atoms with Gasteiger partial charge in [-0.25, -0.2) is 0 Å². The van der Waals surface area contributed by atoms with E-state index in [2.05, 4.69) is 36.9 Å². The minimum atomic E-state index is 0.739. The second kappa shape index (κ2) is 5.41. The topological polar surface area (TPSA) is 27.0 Å². The van der Waals surface area contributed by atoms with Crippen LogP contribution in [0.25, 0.3) is 0 Å². The Morgan fingerprint density at radius 1 is 1.11 bits per heavy atom. The van der Waals surface area contributed by atoms with Crippen LogP contribution in [0.3, 0.4) is 0 Å². The van der Waals surface area contributed by atoms with Crippen molar-refractivity contribution in [2.24, 2.45) is 0 Å². The summed E-state index contributed by atoms with van der Waals surface area (Å²) >= 11 is 0. The van der Waals surface area contributed by atoms with Crippen molar-refractivity contribution in [2.45, 2.75) is 13.8 Å². The van der Waals surface area contributed by atoms with Crippen LogP contribution in [-0.4, -0.2) is 43.8 Å². The van der Waals surface area contributed by atoms with Crippen molar-refractivity contribution in [3.05, 3.63) is 29.8 Å². The standard InChI is InChI=1S/C15H22N3/c1-3-18(4-2)11-9-17(10-12-18)15-7-5-14(13-16)6-8-15/h5-8H,3-4,9-12H2,1-2H3/q+1. The Morgan fingerprint density at radius 2 is 1.67 bits per heavy atom. The maximum absolute atomic E-state index is 8.81. The van der Waals surface area contributed by atoms with Crippen LogP contribution in [0.5, 0.6) is 0 Å². The average molecular weight is 244 g/mol. The fourth-order valence-electron chi connectivity index (χ4n) is 2.75. The van der Waals surface area contributed by atoms with Crippen LogP contribution in [0, 0.1) is 11.3 Å². The van der Waals surface area contributed by atoms with Gasteiger partial charge in [0.2, 0.25) is 0 Å². The molecule has 2 rings (SSSR count). The molecule has 0 bridgehead atoms. The number of quaternary nitrogens is 1. The summed E-state index contributed by atoms with van der Waals surface area (Å²) in [5, 5.41) is 8.81. The minimum absolute atomic E-state index is 0.739. The third kappa shape index (κ3) is 2.49. The second-order valence-electron chi connectivity index (χ2n) is 5.07. The molecule has 18 heavy (non-hydrogen) atoms. The van der Waals surface area contributed by atoms with E-state index >= 15 is 0 Å². The van der Waals surface area contributed by atoms with Crippen LogP contribution in [0.4, 0.5) is 5.69 Å². The summed E-state index contributed by atoms with van der Waals surface area (Å²) in [5.74, 6) is 0. The fraction of sp³-hybridized carbons (Fsp3) is 0.533. The molecule has 0 unspecified atom stereocenters. The summed E-state index contributed by atoms with van der Waals surface area (Å²) in [5.41, 5.74) is 1.99. The molecule has 0 amide bonds. The molecule has 0 spiro atoms. The molecular formula is C15H22N3+. The number of likely N-dealkylation sites (N-methyl/N-ethyl adjacent to an activating group) is 1. The van der Waals surface area contributed by atoms with Gasteiger partial charge in [0, 0.05) is 5.69 Å². The number of hydrogen-bond donors (Lipinski definition) is 0. The van der Waals surface area contributed by atoms with E-state index in [4.69, 9.17) is 5.26 Å². The zero-order valence-electron chi connectivity index (χ0n) is 11.4. The molecule has 0 aliphatic carbocycles. The molecule has 1 aromatic rings. The van der Waals surface area contributed by atoms with Crippen molar-refractivity contribution >= 4 is 5.69 Å². The molecule has 1 saturated heterocycles. The van der Waals surface area contributed by atoms with E-state index in [-0.39, 0.29) is 0 Å². The van der Waals surface area contributed by atoms with Gasteiger partial charge in [-0.15, -0.1) is 0 Å². The SMILES string of the molecule is CC[N+]1(CC)CCN(c2ccc(C#N)cc2)CC1. The van der Waals surface area contributed by atoms with Gasteiger partial charge in [0.15, 0.2) is 0 Å². The van der Waals surface area contributed by atoms with Gasteiger partial charge in [-0.1, -0.05) is 0 Å². The van der Waals surface area contributed by atoms with Crippen molar-refractivity contribution in [2.75, 3.05) is 44.2 Å². The van der Waals surface area contributed by atoms with Gasteiger partial charge >= 0.3 is 0 Å². The van der Waals surface area contributed by atoms with Crippen LogP contribution in [0.15, 0.2) is 24.3 Å². The first-order chi connectivity index (χ1) is 8.73. The van der Waals surface area contributed by atoms with Gasteiger partial charge in [0.25, 0.3) is 0 Å². The lowest BCUT2D eigenvalue weighted by Crippen LogP contribution is -2.59. The smallest absolute Gasteiger partial charge is 0.0991 e. The van der Waals surface area contributed by atoms with Crippen LogP contribution >= 0.6 is 0 Å². The van der Waals surface area contributed by atoms with Gasteiger partial charge in [-0.2, -0.15) is 5.26 Å². The van der Waals surface area contributed by atoms with Gasteiger partial charge in [-0.05, 0) is 38.1 Å². The van der Waals surface area contributed by atoms with Crippen LogP contribution in [-0.2, 0) is 0 Å². The predicted octanol–water partition coefficient (Wildman–Crippen LogP) is 2.23. The van der Waals surface area contributed by atoms with E-state index in [1.165, 1.54) is 36.3 Å². The summed E-state index contributed by atoms with van der Waals surface area (Å²) in [6, 6.07) is 10.1. The molecule has 1 fully saturated rings. The zero-order chi connectivity index (χ0) is 13.0. The molecule has 0 N–H and O–H groups in total. The van der Waals surface area contributed by atoms with Gasteiger partial charge in [0.05, 0.1) is 50.9 Å². The van der Waals surface area contributed by atoms with E-state index < -0.39 is 0 Å². The Kier molecular flexibility index (Phi) is 3.88. The third-order valence-corrected chi connectivity index (χ3v) is 4.39. The maximum Gasteiger partial charge on any atom is 0.0991 e. The normalized spacial score (nSPS) is 18.4. The van der Waals surface area contributed by atoms with Gasteiger partial charge in [-0.3, -0.25) is 0 Å². The lowest BCUT2D eigenvalue weighted by molar-refractivity contribution is -0.925. The Balaban J connectivity index is 2.03. The third-order valence-electron chi connectivity index (χ3n) is 4.39. The Labute approximate surface area is 110 Å². The zero-order valence-corrected chi connectivity index (χ0v) is 11.4. The highest BCUT2D eigenvalue weighted by Crippen LogP contribution is 2.20. The Morgan fingerprint density at radius 3 is 2.11 bits per heavy atom. The van der Waals surface area contributed by atoms with E-state index in [9.17, 15) is 0 Å². The first-order valence-electron chi connectivity index (χ1n) is 6.83. The molecule has 1 heterocycles. The second-order valence-corrected chi connectivity index (χ2v) is 5.07. The van der Waals surface area contributed by atoms with Gasteiger partial charge in [0.1, 0.15) is 0 Å². The molecule has 96 valence electrons. The summed E-state index contributed by atoms with van der Waals surface area (Å²) in [6.45, 7) is 11.7. The summed E-state index contributed by atoms with van der Waals surface area (Å²) in [6.07, 6.45) is 0. The van der Waals surface area contributed by atoms with Crippen LogP contribution in [0.1, 0.15) is 19.4 Å². The highest BCUT2D eigenvalue weighted by atomic mass is 15.4. The van der Waals surface area contributed by atoms with E-state index in [1.54, 1.807) is 0 Å². The average Bonchev–Trinajstić information content (AvgIpc) is 2.47. The van der Waals surface area contributed by atoms with Crippen molar-refractivity contribution < 1.29 is 4.48 Å². The molecule has 3 nitrogen and oxygen atoms in total. The first kappa shape index (κ1) is 12.9. The number of nitrogens with zero attached hydrogens (tertiary/aromatic N) is 3. The molecule has 0 saturated carbocycles. The maximum atomic E-state index is 8.81. The number of nitriles is 1. The highest BCUT2D eigenvalue weighted by Gasteiger charge is 2.29. The molecule has 0 radical (unpaired) electrons. The number of piperazine rings is 1. The Bertz CT molecular complexity index is 416. The lowest BCUT2D eigenvalue weighted by atomic mass is 10.1. The molecule has 3 heteroatoms. The van der Waals surface area contributed by atoms with Crippen LogP contribution in [0.2, 0.25) is 0 Å². The molecule has 1 aliphatic rings. The number of rotatable bonds is 3. The molecule has 1 aromatic carbocycles. The minimum Gasteiger partial charge on any atom is -0.360 e. The largest absolute Gasteiger partial charge is 0.360 e. The predicted molar refractivity (Wildman–Crippen MR) is 74.4 cm³/mol. The molecular weight excluding hydrogens is 222 g/mol. The quantitative estimate of drug-likeness (QED) is 0.762. The first-order valence-corrected chi connectivity index (χ1v) is 6.83. The molecule has 0 atom stereocenters. The summed E-state index contributed by atoms with van der Waals surface area (Å²) in [4.78, 5) is 2.43. The Hall–Kier alpha value is -1.53. The van der Waals surface area contributed by atoms with Gasteiger partial charge < -0.3 is 9.38 Å². The van der Waals surface area contributed by atoms with Crippen LogP contribution < -0.4 is 4.90 Å². The number of anilines is 1. The van der Waals surface area contributed by atoms with Crippen molar-refractivity contribution in [3.8, 4) is 6.07 Å². The van der Waals surface area contributed by atoms with Crippen molar-refractivity contribution in [1.29, 1.82) is 5.26 Å². The van der Waals surface area contributed by atoms with Crippen molar-refractivity contribution in [1.82, 2.24) is 0 Å². The monoisotopic (exact) mass is 244 g/mol.